The molecular formula is C17H28IN3O2S. The van der Waals surface area contributed by atoms with Crippen LogP contribution in [0, 0.1) is 0 Å². The summed E-state index contributed by atoms with van der Waals surface area (Å²) in [6.07, 6.45) is 6.58. The number of aliphatic imine (C=N–C) groups is 1. The van der Waals surface area contributed by atoms with Crippen molar-refractivity contribution in [3.63, 3.8) is 0 Å². The van der Waals surface area contributed by atoms with Gasteiger partial charge in [0, 0.05) is 31.0 Å². The standard InChI is InChI=1S/C17H27N3O2S.HI/c1-18-17(20-13-5-7-15(10-13)23-3)19-9-8-12-4-6-14(22-2)11-16(12)21;/h4,6,11,13,15,21H,5,7-10H2,1-3H3,(H2,18,19,20);1H. The maximum Gasteiger partial charge on any atom is 0.191 e. The Morgan fingerprint density at radius 2 is 2.21 bits per heavy atom. The molecule has 2 atom stereocenters. The average molecular weight is 465 g/mol. The van der Waals surface area contributed by atoms with Crippen LogP contribution in [0.3, 0.4) is 0 Å². The van der Waals surface area contributed by atoms with Crippen LogP contribution >= 0.6 is 35.7 Å². The molecule has 1 aliphatic rings. The van der Waals surface area contributed by atoms with Gasteiger partial charge in [-0.05, 0) is 43.6 Å². The van der Waals surface area contributed by atoms with Crippen LogP contribution in [0.15, 0.2) is 23.2 Å². The van der Waals surface area contributed by atoms with Gasteiger partial charge in [-0.2, -0.15) is 11.8 Å². The number of hydrogen-bond donors (Lipinski definition) is 3. The average Bonchev–Trinajstić information content (AvgIpc) is 3.02. The van der Waals surface area contributed by atoms with Gasteiger partial charge in [0.2, 0.25) is 0 Å². The minimum absolute atomic E-state index is 0. The molecule has 0 heterocycles. The number of aromatic hydroxyl groups is 1. The molecule has 24 heavy (non-hydrogen) atoms. The Labute approximate surface area is 166 Å². The first-order valence-electron chi connectivity index (χ1n) is 8.02. The Kier molecular flexibility index (Phi) is 9.65. The molecule has 0 spiro atoms. The lowest BCUT2D eigenvalue weighted by Crippen LogP contribution is -2.43. The summed E-state index contributed by atoms with van der Waals surface area (Å²) >= 11 is 1.95. The third kappa shape index (κ3) is 6.23. The van der Waals surface area contributed by atoms with Crippen molar-refractivity contribution in [3.8, 4) is 11.5 Å². The Hall–Kier alpha value is -0.830. The van der Waals surface area contributed by atoms with E-state index in [1.165, 1.54) is 19.3 Å². The summed E-state index contributed by atoms with van der Waals surface area (Å²) in [5, 5.41) is 17.6. The molecule has 3 N–H and O–H groups in total. The maximum atomic E-state index is 9.98. The molecule has 7 heteroatoms. The quantitative estimate of drug-likeness (QED) is 0.343. The summed E-state index contributed by atoms with van der Waals surface area (Å²) in [6.45, 7) is 0.720. The molecule has 1 aromatic rings. The van der Waals surface area contributed by atoms with Crippen molar-refractivity contribution in [2.24, 2.45) is 4.99 Å². The zero-order valence-electron chi connectivity index (χ0n) is 14.5. The van der Waals surface area contributed by atoms with E-state index in [0.717, 1.165) is 29.7 Å². The lowest BCUT2D eigenvalue weighted by atomic mass is 10.1. The van der Waals surface area contributed by atoms with Crippen LogP contribution in [0.4, 0.5) is 0 Å². The van der Waals surface area contributed by atoms with Gasteiger partial charge in [-0.3, -0.25) is 4.99 Å². The van der Waals surface area contributed by atoms with Gasteiger partial charge in [-0.15, -0.1) is 24.0 Å². The Balaban J connectivity index is 0.00000288. The van der Waals surface area contributed by atoms with E-state index in [1.54, 1.807) is 20.2 Å². The first kappa shape index (κ1) is 21.2. The fourth-order valence-electron chi connectivity index (χ4n) is 2.87. The van der Waals surface area contributed by atoms with Gasteiger partial charge in [0.05, 0.1) is 7.11 Å². The van der Waals surface area contributed by atoms with Crippen molar-refractivity contribution in [2.75, 3.05) is 27.0 Å². The number of hydrogen-bond acceptors (Lipinski definition) is 4. The molecule has 0 saturated heterocycles. The molecule has 0 aromatic heterocycles. The lowest BCUT2D eigenvalue weighted by Gasteiger charge is -2.17. The van der Waals surface area contributed by atoms with E-state index < -0.39 is 0 Å². The highest BCUT2D eigenvalue weighted by Crippen LogP contribution is 2.28. The number of thioether (sulfide) groups is 1. The summed E-state index contributed by atoms with van der Waals surface area (Å²) in [5.74, 6) is 1.78. The Morgan fingerprint density at radius 3 is 2.79 bits per heavy atom. The summed E-state index contributed by atoms with van der Waals surface area (Å²) in [4.78, 5) is 4.29. The molecule has 136 valence electrons. The highest BCUT2D eigenvalue weighted by molar-refractivity contribution is 14.0. The number of phenolic OH excluding ortho intramolecular Hbond substituents is 1. The number of benzene rings is 1. The normalized spacial score (nSPS) is 20.4. The number of nitrogens with zero attached hydrogens (tertiary/aromatic N) is 1. The number of phenols is 1. The smallest absolute Gasteiger partial charge is 0.191 e. The van der Waals surface area contributed by atoms with Crippen molar-refractivity contribution >= 4 is 41.7 Å². The second kappa shape index (κ2) is 10.9. The largest absolute Gasteiger partial charge is 0.508 e. The number of nitrogens with one attached hydrogen (secondary N) is 2. The molecule has 0 radical (unpaired) electrons. The highest BCUT2D eigenvalue weighted by atomic mass is 127. The molecule has 1 aliphatic carbocycles. The number of halogens is 1. The SMILES string of the molecule is CN=C(NCCc1ccc(OC)cc1O)NC1CCC(SC)C1.I. The highest BCUT2D eigenvalue weighted by Gasteiger charge is 2.24. The van der Waals surface area contributed by atoms with Crippen LogP contribution in [0.5, 0.6) is 11.5 Å². The predicted molar refractivity (Wildman–Crippen MR) is 113 cm³/mol. The minimum atomic E-state index is 0. The van der Waals surface area contributed by atoms with Gasteiger partial charge >= 0.3 is 0 Å². The molecule has 2 rings (SSSR count). The first-order valence-corrected chi connectivity index (χ1v) is 9.31. The van der Waals surface area contributed by atoms with E-state index in [9.17, 15) is 5.11 Å². The summed E-state index contributed by atoms with van der Waals surface area (Å²) < 4.78 is 5.10. The van der Waals surface area contributed by atoms with Gasteiger partial charge in [0.25, 0.3) is 0 Å². The van der Waals surface area contributed by atoms with Crippen LogP contribution < -0.4 is 15.4 Å². The molecule has 5 nitrogen and oxygen atoms in total. The van der Waals surface area contributed by atoms with Gasteiger partial charge < -0.3 is 20.5 Å². The van der Waals surface area contributed by atoms with Gasteiger partial charge in [-0.25, -0.2) is 0 Å². The van der Waals surface area contributed by atoms with E-state index in [4.69, 9.17) is 4.74 Å². The van der Waals surface area contributed by atoms with E-state index in [1.807, 2.05) is 23.9 Å². The maximum absolute atomic E-state index is 9.98. The van der Waals surface area contributed by atoms with E-state index in [-0.39, 0.29) is 29.7 Å². The van der Waals surface area contributed by atoms with Crippen molar-refractivity contribution in [1.82, 2.24) is 10.6 Å². The van der Waals surface area contributed by atoms with Crippen LogP contribution in [0.1, 0.15) is 24.8 Å². The minimum Gasteiger partial charge on any atom is -0.508 e. The third-order valence-corrected chi connectivity index (χ3v) is 5.36. The van der Waals surface area contributed by atoms with E-state index >= 15 is 0 Å². The zero-order valence-corrected chi connectivity index (χ0v) is 17.7. The van der Waals surface area contributed by atoms with E-state index in [2.05, 4.69) is 21.9 Å². The number of ether oxygens (including phenoxy) is 1. The van der Waals surface area contributed by atoms with E-state index in [0.29, 0.717) is 11.8 Å². The number of guanidine groups is 1. The zero-order chi connectivity index (χ0) is 16.7. The van der Waals surface area contributed by atoms with Crippen molar-refractivity contribution in [1.29, 1.82) is 0 Å². The predicted octanol–water partition coefficient (Wildman–Crippen LogP) is 3.01. The van der Waals surface area contributed by atoms with Crippen LogP contribution in [0.2, 0.25) is 0 Å². The summed E-state index contributed by atoms with van der Waals surface area (Å²) in [6, 6.07) is 5.91. The fraction of sp³-hybridized carbons (Fsp3) is 0.588. The Morgan fingerprint density at radius 1 is 1.42 bits per heavy atom. The molecule has 1 saturated carbocycles. The van der Waals surface area contributed by atoms with Crippen molar-refractivity contribution in [2.45, 2.75) is 37.0 Å². The van der Waals surface area contributed by atoms with Crippen molar-refractivity contribution in [3.05, 3.63) is 23.8 Å². The Bertz CT molecular complexity index is 543. The molecule has 0 aliphatic heterocycles. The van der Waals surface area contributed by atoms with Crippen LogP contribution in [-0.2, 0) is 6.42 Å². The van der Waals surface area contributed by atoms with Crippen LogP contribution in [0.25, 0.3) is 0 Å². The number of methoxy groups -OCH3 is 1. The van der Waals surface area contributed by atoms with Gasteiger partial charge in [0.1, 0.15) is 11.5 Å². The van der Waals surface area contributed by atoms with Gasteiger partial charge in [0.15, 0.2) is 5.96 Å². The molecule has 2 unspecified atom stereocenters. The summed E-state index contributed by atoms with van der Waals surface area (Å²) in [7, 11) is 3.39. The van der Waals surface area contributed by atoms with Gasteiger partial charge in [-0.1, -0.05) is 6.07 Å². The molecule has 1 aromatic carbocycles. The van der Waals surface area contributed by atoms with Crippen LogP contribution in [-0.4, -0.2) is 49.3 Å². The summed E-state index contributed by atoms with van der Waals surface area (Å²) in [5.41, 5.74) is 0.900. The molecule has 1 fully saturated rings. The topological polar surface area (TPSA) is 65.9 Å². The first-order chi connectivity index (χ1) is 11.2. The second-order valence-electron chi connectivity index (χ2n) is 5.76. The molecular weight excluding hydrogens is 437 g/mol. The fourth-order valence-corrected chi connectivity index (χ4v) is 3.67. The van der Waals surface area contributed by atoms with Crippen molar-refractivity contribution < 1.29 is 9.84 Å². The second-order valence-corrected chi connectivity index (χ2v) is 6.89. The molecule has 0 amide bonds. The lowest BCUT2D eigenvalue weighted by molar-refractivity contribution is 0.406. The number of rotatable bonds is 6. The monoisotopic (exact) mass is 465 g/mol. The third-order valence-electron chi connectivity index (χ3n) is 4.26. The molecule has 0 bridgehead atoms.